The van der Waals surface area contributed by atoms with Crippen molar-refractivity contribution in [2.45, 2.75) is 18.4 Å². The van der Waals surface area contributed by atoms with Crippen molar-refractivity contribution in [3.63, 3.8) is 0 Å². The zero-order chi connectivity index (χ0) is 12.8. The molecule has 2 N–H and O–H groups in total. The Bertz CT molecular complexity index is 656. The van der Waals surface area contributed by atoms with Crippen molar-refractivity contribution in [3.8, 4) is 0 Å². The van der Waals surface area contributed by atoms with Crippen LogP contribution in [0, 0.1) is 0 Å². The lowest BCUT2D eigenvalue weighted by atomic mass is 9.99. The highest BCUT2D eigenvalue weighted by Crippen LogP contribution is 2.46. The highest BCUT2D eigenvalue weighted by Gasteiger charge is 2.45. The molecular formula is C14H12N4O. The Labute approximate surface area is 110 Å². The van der Waals surface area contributed by atoms with E-state index in [4.69, 9.17) is 0 Å². The predicted molar refractivity (Wildman–Crippen MR) is 70.4 cm³/mol. The number of nitrogens with one attached hydrogen (secondary N) is 2. The van der Waals surface area contributed by atoms with E-state index in [1.807, 2.05) is 18.2 Å². The Balaban J connectivity index is 1.68. The lowest BCUT2D eigenvalue weighted by Crippen LogP contribution is -2.31. The Morgan fingerprint density at radius 2 is 2.26 bits per heavy atom. The van der Waals surface area contributed by atoms with E-state index in [1.165, 1.54) is 6.33 Å². The fourth-order valence-corrected chi connectivity index (χ4v) is 2.61. The van der Waals surface area contributed by atoms with Gasteiger partial charge in [-0.3, -0.25) is 4.79 Å². The molecule has 2 aliphatic rings. The van der Waals surface area contributed by atoms with Crippen LogP contribution in [0.1, 0.15) is 28.3 Å². The molecule has 4 rings (SSSR count). The van der Waals surface area contributed by atoms with E-state index in [0.717, 1.165) is 29.1 Å². The summed E-state index contributed by atoms with van der Waals surface area (Å²) in [5, 5.41) is 6.22. The maximum Gasteiger partial charge on any atom is 0.251 e. The van der Waals surface area contributed by atoms with E-state index < -0.39 is 0 Å². The normalized spacial score (nSPS) is 23.1. The zero-order valence-electron chi connectivity index (χ0n) is 10.1. The number of benzene rings is 1. The smallest absolute Gasteiger partial charge is 0.251 e. The SMILES string of the molecule is O=C1NC2CC2c2cc(Nc3ccncn3)ccc21. The summed E-state index contributed by atoms with van der Waals surface area (Å²) in [5.41, 5.74) is 2.90. The molecule has 1 aliphatic heterocycles. The van der Waals surface area contributed by atoms with Crippen LogP contribution < -0.4 is 10.6 Å². The topological polar surface area (TPSA) is 66.9 Å². The van der Waals surface area contributed by atoms with Crippen LogP contribution in [0.5, 0.6) is 0 Å². The summed E-state index contributed by atoms with van der Waals surface area (Å²) in [6.07, 6.45) is 4.25. The van der Waals surface area contributed by atoms with Crippen molar-refractivity contribution in [2.75, 3.05) is 5.32 Å². The number of fused-ring (bicyclic) bond motifs is 3. The van der Waals surface area contributed by atoms with E-state index in [9.17, 15) is 4.79 Å². The minimum atomic E-state index is 0.0438. The van der Waals surface area contributed by atoms with Gasteiger partial charge in [0.25, 0.3) is 5.91 Å². The van der Waals surface area contributed by atoms with Gasteiger partial charge < -0.3 is 10.6 Å². The molecule has 1 aromatic heterocycles. The summed E-state index contributed by atoms with van der Waals surface area (Å²) in [6.45, 7) is 0. The molecule has 1 fully saturated rings. The Hall–Kier alpha value is -2.43. The summed E-state index contributed by atoms with van der Waals surface area (Å²) in [4.78, 5) is 19.9. The molecule has 0 radical (unpaired) electrons. The van der Waals surface area contributed by atoms with Gasteiger partial charge >= 0.3 is 0 Å². The number of carbonyl (C=O) groups is 1. The first kappa shape index (κ1) is 10.5. The first-order valence-electron chi connectivity index (χ1n) is 6.29. The van der Waals surface area contributed by atoms with Crippen molar-refractivity contribution < 1.29 is 4.79 Å². The molecule has 19 heavy (non-hydrogen) atoms. The second kappa shape index (κ2) is 3.78. The average Bonchev–Trinajstić information content (AvgIpc) is 3.19. The summed E-state index contributed by atoms with van der Waals surface area (Å²) >= 11 is 0. The van der Waals surface area contributed by atoms with Gasteiger partial charge in [0.2, 0.25) is 0 Å². The van der Waals surface area contributed by atoms with Crippen LogP contribution >= 0.6 is 0 Å². The number of rotatable bonds is 2. The van der Waals surface area contributed by atoms with Crippen LogP contribution in [0.2, 0.25) is 0 Å². The Morgan fingerprint density at radius 1 is 1.32 bits per heavy atom. The van der Waals surface area contributed by atoms with Gasteiger partial charge in [0.05, 0.1) is 0 Å². The molecule has 1 aromatic carbocycles. The molecule has 2 unspecified atom stereocenters. The molecule has 5 heteroatoms. The number of anilines is 2. The molecule has 0 saturated heterocycles. The molecule has 2 aromatic rings. The van der Waals surface area contributed by atoms with E-state index in [0.29, 0.717) is 12.0 Å². The van der Waals surface area contributed by atoms with Crippen LogP contribution in [0.3, 0.4) is 0 Å². The Kier molecular flexibility index (Phi) is 2.09. The van der Waals surface area contributed by atoms with Crippen LogP contribution in [-0.2, 0) is 0 Å². The van der Waals surface area contributed by atoms with E-state index in [-0.39, 0.29) is 5.91 Å². The summed E-state index contributed by atoms with van der Waals surface area (Å²) in [5.74, 6) is 1.28. The minimum absolute atomic E-state index is 0.0438. The molecule has 94 valence electrons. The third-order valence-electron chi connectivity index (χ3n) is 3.66. The number of hydrogen-bond acceptors (Lipinski definition) is 4. The maximum absolute atomic E-state index is 11.8. The van der Waals surface area contributed by atoms with Gasteiger partial charge in [0.15, 0.2) is 0 Å². The first-order chi connectivity index (χ1) is 9.31. The number of carbonyl (C=O) groups excluding carboxylic acids is 1. The number of nitrogens with zero attached hydrogens (tertiary/aromatic N) is 2. The van der Waals surface area contributed by atoms with E-state index >= 15 is 0 Å². The average molecular weight is 252 g/mol. The van der Waals surface area contributed by atoms with Crippen molar-refractivity contribution in [1.82, 2.24) is 15.3 Å². The van der Waals surface area contributed by atoms with Crippen LogP contribution in [0.15, 0.2) is 36.8 Å². The van der Waals surface area contributed by atoms with E-state index in [2.05, 4.69) is 26.7 Å². The summed E-state index contributed by atoms with van der Waals surface area (Å²) < 4.78 is 0. The first-order valence-corrected chi connectivity index (χ1v) is 6.29. The number of aromatic nitrogens is 2. The fourth-order valence-electron chi connectivity index (χ4n) is 2.61. The standard InChI is InChI=1S/C14H12N4O/c19-14-9-2-1-8(17-13-3-4-15-7-16-13)5-10(9)11-6-12(11)18-14/h1-5,7,11-12H,6H2,(H,18,19)(H,15,16,17). The van der Waals surface area contributed by atoms with Crippen LogP contribution in [0.4, 0.5) is 11.5 Å². The van der Waals surface area contributed by atoms with Gasteiger partial charge in [0, 0.05) is 29.4 Å². The number of hydrogen-bond donors (Lipinski definition) is 2. The van der Waals surface area contributed by atoms with Crippen LogP contribution in [-0.4, -0.2) is 21.9 Å². The zero-order valence-corrected chi connectivity index (χ0v) is 10.1. The van der Waals surface area contributed by atoms with Gasteiger partial charge in [-0.05, 0) is 36.2 Å². The van der Waals surface area contributed by atoms with Gasteiger partial charge in [-0.15, -0.1) is 0 Å². The number of amides is 1. The van der Waals surface area contributed by atoms with Gasteiger partial charge in [-0.2, -0.15) is 0 Å². The monoisotopic (exact) mass is 252 g/mol. The molecule has 5 nitrogen and oxygen atoms in total. The third-order valence-corrected chi connectivity index (χ3v) is 3.66. The highest BCUT2D eigenvalue weighted by molar-refractivity contribution is 5.98. The molecule has 2 atom stereocenters. The van der Waals surface area contributed by atoms with Crippen molar-refractivity contribution in [1.29, 1.82) is 0 Å². The molecule has 0 spiro atoms. The van der Waals surface area contributed by atoms with Gasteiger partial charge in [-0.1, -0.05) is 0 Å². The van der Waals surface area contributed by atoms with Gasteiger partial charge in [-0.25, -0.2) is 9.97 Å². The van der Waals surface area contributed by atoms with Crippen molar-refractivity contribution in [3.05, 3.63) is 47.9 Å². The largest absolute Gasteiger partial charge is 0.349 e. The second-order valence-corrected chi connectivity index (χ2v) is 4.94. The van der Waals surface area contributed by atoms with Crippen molar-refractivity contribution in [2.24, 2.45) is 0 Å². The molecule has 1 saturated carbocycles. The predicted octanol–water partition coefficient (Wildman–Crippen LogP) is 1.82. The molecule has 1 aliphatic carbocycles. The molecule has 0 bridgehead atoms. The third kappa shape index (κ3) is 1.74. The lowest BCUT2D eigenvalue weighted by molar-refractivity contribution is 0.0944. The Morgan fingerprint density at radius 3 is 3.11 bits per heavy atom. The molecule has 1 amide bonds. The lowest BCUT2D eigenvalue weighted by Gasteiger charge is -2.17. The highest BCUT2D eigenvalue weighted by atomic mass is 16.1. The molecule has 2 heterocycles. The van der Waals surface area contributed by atoms with Gasteiger partial charge in [0.1, 0.15) is 12.1 Å². The van der Waals surface area contributed by atoms with E-state index in [1.54, 1.807) is 6.20 Å². The summed E-state index contributed by atoms with van der Waals surface area (Å²) in [7, 11) is 0. The van der Waals surface area contributed by atoms with Crippen molar-refractivity contribution >= 4 is 17.4 Å². The fraction of sp³-hybridized carbons (Fsp3) is 0.214. The van der Waals surface area contributed by atoms with Crippen LogP contribution in [0.25, 0.3) is 0 Å². The maximum atomic E-state index is 11.8. The second-order valence-electron chi connectivity index (χ2n) is 4.94. The minimum Gasteiger partial charge on any atom is -0.349 e. The summed E-state index contributed by atoms with van der Waals surface area (Å²) in [6, 6.07) is 7.99. The quantitative estimate of drug-likeness (QED) is 0.855. The molecular weight excluding hydrogens is 240 g/mol.